The zero-order valence-electron chi connectivity index (χ0n) is 11.8. The fourth-order valence-corrected chi connectivity index (χ4v) is 3.52. The van der Waals surface area contributed by atoms with Gasteiger partial charge in [-0.3, -0.25) is 0 Å². The van der Waals surface area contributed by atoms with Gasteiger partial charge in [-0.2, -0.15) is 0 Å². The van der Waals surface area contributed by atoms with E-state index in [0.717, 1.165) is 24.8 Å². The largest absolute Gasteiger partial charge is 0.392 e. The molecule has 2 nitrogen and oxygen atoms in total. The molecule has 0 saturated heterocycles. The molecule has 1 aliphatic rings. The molecule has 2 unspecified atom stereocenters. The lowest BCUT2D eigenvalue weighted by Crippen LogP contribution is -2.53. The van der Waals surface area contributed by atoms with Gasteiger partial charge in [-0.05, 0) is 42.4 Å². The molecule has 1 aromatic carbocycles. The van der Waals surface area contributed by atoms with Crippen LogP contribution in [0.3, 0.4) is 0 Å². The molecule has 0 aromatic heterocycles. The maximum absolute atomic E-state index is 13.3. The smallest absolute Gasteiger partial charge is 0.123 e. The average molecular weight is 265 g/mol. The molecule has 1 aliphatic carbocycles. The summed E-state index contributed by atoms with van der Waals surface area (Å²) < 4.78 is 13.3. The number of nitrogens with two attached hydrogens (primary N) is 1. The minimum atomic E-state index is -0.443. The van der Waals surface area contributed by atoms with Crippen molar-refractivity contribution in [3.8, 4) is 0 Å². The molecule has 0 radical (unpaired) electrons. The van der Waals surface area contributed by atoms with Crippen LogP contribution in [0, 0.1) is 16.6 Å². The zero-order chi connectivity index (χ0) is 14.1. The highest BCUT2D eigenvalue weighted by Gasteiger charge is 2.47. The van der Waals surface area contributed by atoms with Gasteiger partial charge in [-0.25, -0.2) is 4.39 Å². The standard InChI is InChI=1S/C16H24FNO/c1-15(2)7-4-8-16(11-18,14(15)19)10-12-5-3-6-13(17)9-12/h3,5-6,9,14,19H,4,7-8,10-11,18H2,1-2H3. The second-order valence-corrected chi connectivity index (χ2v) is 6.62. The Morgan fingerprint density at radius 1 is 1.37 bits per heavy atom. The second kappa shape index (κ2) is 5.22. The molecular formula is C16H24FNO. The Hall–Kier alpha value is -0.930. The van der Waals surface area contributed by atoms with Gasteiger partial charge >= 0.3 is 0 Å². The van der Waals surface area contributed by atoms with Crippen LogP contribution in [-0.4, -0.2) is 17.8 Å². The maximum atomic E-state index is 13.3. The molecule has 1 saturated carbocycles. The summed E-state index contributed by atoms with van der Waals surface area (Å²) in [5.74, 6) is -0.228. The fraction of sp³-hybridized carbons (Fsp3) is 0.625. The van der Waals surface area contributed by atoms with Crippen molar-refractivity contribution in [2.45, 2.75) is 45.6 Å². The summed E-state index contributed by atoms with van der Waals surface area (Å²) in [6, 6.07) is 6.62. The third-order valence-electron chi connectivity index (χ3n) is 4.67. The predicted octanol–water partition coefficient (Wildman–Crippen LogP) is 2.88. The molecule has 0 aliphatic heterocycles. The first kappa shape index (κ1) is 14.5. The summed E-state index contributed by atoms with van der Waals surface area (Å²) in [5, 5.41) is 10.7. The van der Waals surface area contributed by atoms with Gasteiger partial charge in [-0.1, -0.05) is 32.4 Å². The summed E-state index contributed by atoms with van der Waals surface area (Å²) in [7, 11) is 0. The van der Waals surface area contributed by atoms with Crippen LogP contribution in [0.2, 0.25) is 0 Å². The van der Waals surface area contributed by atoms with E-state index in [9.17, 15) is 9.50 Å². The Kier molecular flexibility index (Phi) is 3.98. The lowest BCUT2D eigenvalue weighted by atomic mass is 9.59. The molecule has 0 bridgehead atoms. The first-order chi connectivity index (χ1) is 8.89. The second-order valence-electron chi connectivity index (χ2n) is 6.62. The van der Waals surface area contributed by atoms with Crippen LogP contribution in [0.15, 0.2) is 24.3 Å². The average Bonchev–Trinajstić information content (AvgIpc) is 2.35. The minimum absolute atomic E-state index is 0.120. The van der Waals surface area contributed by atoms with Crippen molar-refractivity contribution in [1.29, 1.82) is 0 Å². The number of rotatable bonds is 3. The number of benzene rings is 1. The Morgan fingerprint density at radius 2 is 2.11 bits per heavy atom. The van der Waals surface area contributed by atoms with Crippen molar-refractivity contribution in [2.75, 3.05) is 6.54 Å². The van der Waals surface area contributed by atoms with Crippen LogP contribution in [0.4, 0.5) is 4.39 Å². The van der Waals surface area contributed by atoms with E-state index < -0.39 is 6.10 Å². The van der Waals surface area contributed by atoms with E-state index in [-0.39, 0.29) is 16.6 Å². The normalized spacial score (nSPS) is 30.3. The monoisotopic (exact) mass is 265 g/mol. The van der Waals surface area contributed by atoms with E-state index in [1.54, 1.807) is 12.1 Å². The van der Waals surface area contributed by atoms with Crippen LogP contribution >= 0.6 is 0 Å². The molecule has 0 spiro atoms. The van der Waals surface area contributed by atoms with Gasteiger partial charge in [0, 0.05) is 12.0 Å². The molecule has 3 heteroatoms. The lowest BCUT2D eigenvalue weighted by molar-refractivity contribution is -0.0885. The fourth-order valence-electron chi connectivity index (χ4n) is 3.52. The Bertz CT molecular complexity index is 446. The Balaban J connectivity index is 2.27. The van der Waals surface area contributed by atoms with Crippen LogP contribution in [0.5, 0.6) is 0 Å². The third-order valence-corrected chi connectivity index (χ3v) is 4.67. The highest BCUT2D eigenvalue weighted by molar-refractivity contribution is 5.19. The summed E-state index contributed by atoms with van der Waals surface area (Å²) in [5.41, 5.74) is 6.46. The van der Waals surface area contributed by atoms with Crippen molar-refractivity contribution in [2.24, 2.45) is 16.6 Å². The highest BCUT2D eigenvalue weighted by atomic mass is 19.1. The minimum Gasteiger partial charge on any atom is -0.392 e. The molecule has 0 amide bonds. The maximum Gasteiger partial charge on any atom is 0.123 e. The summed E-state index contributed by atoms with van der Waals surface area (Å²) in [4.78, 5) is 0. The van der Waals surface area contributed by atoms with Crippen LogP contribution < -0.4 is 5.73 Å². The molecule has 19 heavy (non-hydrogen) atoms. The van der Waals surface area contributed by atoms with Gasteiger partial charge in [0.05, 0.1) is 6.10 Å². The SMILES string of the molecule is CC1(C)CCCC(CN)(Cc2cccc(F)c2)C1O. The van der Waals surface area contributed by atoms with Crippen molar-refractivity contribution >= 4 is 0 Å². The molecular weight excluding hydrogens is 241 g/mol. The van der Waals surface area contributed by atoms with Gasteiger partial charge in [0.1, 0.15) is 5.82 Å². The first-order valence-electron chi connectivity index (χ1n) is 7.02. The van der Waals surface area contributed by atoms with Crippen molar-refractivity contribution in [1.82, 2.24) is 0 Å². The van der Waals surface area contributed by atoms with Gasteiger partial charge in [0.25, 0.3) is 0 Å². The number of hydrogen-bond acceptors (Lipinski definition) is 2. The van der Waals surface area contributed by atoms with E-state index in [1.807, 2.05) is 6.07 Å². The predicted molar refractivity (Wildman–Crippen MR) is 75.2 cm³/mol. The molecule has 1 fully saturated rings. The first-order valence-corrected chi connectivity index (χ1v) is 7.02. The van der Waals surface area contributed by atoms with E-state index in [2.05, 4.69) is 13.8 Å². The van der Waals surface area contributed by atoms with Gasteiger partial charge < -0.3 is 10.8 Å². The summed E-state index contributed by atoms with van der Waals surface area (Å²) in [6.07, 6.45) is 3.19. The zero-order valence-corrected chi connectivity index (χ0v) is 11.8. The Morgan fingerprint density at radius 3 is 2.74 bits per heavy atom. The van der Waals surface area contributed by atoms with Gasteiger partial charge in [-0.15, -0.1) is 0 Å². The van der Waals surface area contributed by atoms with Crippen LogP contribution in [-0.2, 0) is 6.42 Å². The van der Waals surface area contributed by atoms with E-state index in [4.69, 9.17) is 5.73 Å². The highest BCUT2D eigenvalue weighted by Crippen LogP contribution is 2.47. The van der Waals surface area contributed by atoms with Gasteiger partial charge in [0.2, 0.25) is 0 Å². The van der Waals surface area contributed by atoms with Crippen LogP contribution in [0.25, 0.3) is 0 Å². The van der Waals surface area contributed by atoms with Crippen molar-refractivity contribution in [3.63, 3.8) is 0 Å². The summed E-state index contributed by atoms with van der Waals surface area (Å²) in [6.45, 7) is 4.62. The van der Waals surface area contributed by atoms with Crippen molar-refractivity contribution in [3.05, 3.63) is 35.6 Å². The molecule has 2 rings (SSSR count). The summed E-state index contributed by atoms with van der Waals surface area (Å²) >= 11 is 0. The van der Waals surface area contributed by atoms with E-state index in [0.29, 0.717) is 13.0 Å². The molecule has 3 N–H and O–H groups in total. The van der Waals surface area contributed by atoms with E-state index in [1.165, 1.54) is 6.07 Å². The Labute approximate surface area is 114 Å². The molecule has 0 heterocycles. The van der Waals surface area contributed by atoms with Crippen LogP contribution in [0.1, 0.15) is 38.7 Å². The number of aliphatic hydroxyl groups is 1. The van der Waals surface area contributed by atoms with E-state index >= 15 is 0 Å². The van der Waals surface area contributed by atoms with Crippen molar-refractivity contribution < 1.29 is 9.50 Å². The topological polar surface area (TPSA) is 46.2 Å². The number of hydrogen-bond donors (Lipinski definition) is 2. The molecule has 1 aromatic rings. The number of halogens is 1. The lowest BCUT2D eigenvalue weighted by Gasteiger charge is -2.49. The molecule has 2 atom stereocenters. The quantitative estimate of drug-likeness (QED) is 0.882. The molecule has 106 valence electrons. The third kappa shape index (κ3) is 2.82. The van der Waals surface area contributed by atoms with Gasteiger partial charge in [0.15, 0.2) is 0 Å². The number of aliphatic hydroxyl groups excluding tert-OH is 1.